The molecular weight excluding hydrogens is 249 g/mol. The Morgan fingerprint density at radius 3 is 2.60 bits per heavy atom. The molecule has 0 saturated carbocycles. The zero-order valence-electron chi connectivity index (χ0n) is 12.2. The molecule has 1 atom stereocenters. The van der Waals surface area contributed by atoms with Crippen LogP contribution in [0.2, 0.25) is 0 Å². The molecule has 0 saturated heterocycles. The molecule has 20 heavy (non-hydrogen) atoms. The van der Waals surface area contributed by atoms with Crippen LogP contribution in [0.25, 0.3) is 0 Å². The van der Waals surface area contributed by atoms with Gasteiger partial charge in [-0.15, -0.1) is 0 Å². The number of hydrogen-bond donors (Lipinski definition) is 1. The van der Waals surface area contributed by atoms with Crippen molar-refractivity contribution in [2.24, 2.45) is 0 Å². The fourth-order valence-electron chi connectivity index (χ4n) is 2.48. The minimum atomic E-state index is -0.165. The van der Waals surface area contributed by atoms with Crippen molar-refractivity contribution in [2.75, 3.05) is 6.54 Å². The van der Waals surface area contributed by atoms with Crippen LogP contribution in [0, 0.1) is 12.7 Å². The first-order valence-corrected chi connectivity index (χ1v) is 7.23. The number of aryl methyl sites for hydroxylation is 1. The minimum absolute atomic E-state index is 0.165. The summed E-state index contributed by atoms with van der Waals surface area (Å²) in [5, 5.41) is 3.51. The third kappa shape index (κ3) is 4.17. The van der Waals surface area contributed by atoms with E-state index in [0.29, 0.717) is 0 Å². The van der Waals surface area contributed by atoms with E-state index in [0.717, 1.165) is 24.9 Å². The minimum Gasteiger partial charge on any atom is -0.310 e. The highest BCUT2D eigenvalue weighted by atomic mass is 19.1. The molecule has 0 heterocycles. The van der Waals surface area contributed by atoms with Gasteiger partial charge in [0.1, 0.15) is 5.82 Å². The molecule has 0 aliphatic heterocycles. The van der Waals surface area contributed by atoms with Crippen LogP contribution >= 0.6 is 0 Å². The maximum Gasteiger partial charge on any atom is 0.123 e. The van der Waals surface area contributed by atoms with E-state index >= 15 is 0 Å². The Morgan fingerprint density at radius 2 is 1.90 bits per heavy atom. The quantitative estimate of drug-likeness (QED) is 0.820. The van der Waals surface area contributed by atoms with Crippen molar-refractivity contribution >= 4 is 0 Å². The lowest BCUT2D eigenvalue weighted by molar-refractivity contribution is 0.518. The van der Waals surface area contributed by atoms with Crippen LogP contribution in [-0.4, -0.2) is 6.54 Å². The number of hydrogen-bond acceptors (Lipinski definition) is 1. The highest BCUT2D eigenvalue weighted by Crippen LogP contribution is 2.17. The molecule has 0 aliphatic rings. The molecule has 1 unspecified atom stereocenters. The first-order chi connectivity index (χ1) is 9.69. The van der Waals surface area contributed by atoms with Gasteiger partial charge in [0.05, 0.1) is 0 Å². The van der Waals surface area contributed by atoms with Crippen molar-refractivity contribution in [2.45, 2.75) is 32.7 Å². The van der Waals surface area contributed by atoms with E-state index in [-0.39, 0.29) is 11.9 Å². The van der Waals surface area contributed by atoms with Crippen molar-refractivity contribution in [1.29, 1.82) is 0 Å². The molecule has 0 amide bonds. The van der Waals surface area contributed by atoms with E-state index in [1.54, 1.807) is 12.1 Å². The summed E-state index contributed by atoms with van der Waals surface area (Å²) in [6.45, 7) is 5.13. The van der Waals surface area contributed by atoms with Crippen molar-refractivity contribution in [1.82, 2.24) is 5.32 Å². The summed E-state index contributed by atoms with van der Waals surface area (Å²) in [6.07, 6.45) is 1.95. The first kappa shape index (κ1) is 14.7. The maximum absolute atomic E-state index is 13.3. The van der Waals surface area contributed by atoms with Crippen LogP contribution in [0.15, 0.2) is 48.5 Å². The Labute approximate surface area is 120 Å². The van der Waals surface area contributed by atoms with Crippen molar-refractivity contribution < 1.29 is 4.39 Å². The van der Waals surface area contributed by atoms with Gasteiger partial charge in [-0.05, 0) is 49.6 Å². The van der Waals surface area contributed by atoms with E-state index in [2.05, 4.69) is 43.4 Å². The lowest BCUT2D eigenvalue weighted by atomic mass is 10.0. The molecule has 0 spiro atoms. The summed E-state index contributed by atoms with van der Waals surface area (Å²) >= 11 is 0. The summed E-state index contributed by atoms with van der Waals surface area (Å²) in [5.74, 6) is -0.165. The highest BCUT2D eigenvalue weighted by Gasteiger charge is 2.08. The average Bonchev–Trinajstić information content (AvgIpc) is 2.44. The number of rotatable bonds is 6. The van der Waals surface area contributed by atoms with Crippen molar-refractivity contribution in [3.05, 3.63) is 71.0 Å². The molecule has 2 aromatic rings. The average molecular weight is 271 g/mol. The molecule has 2 rings (SSSR count). The second-order valence-corrected chi connectivity index (χ2v) is 5.21. The van der Waals surface area contributed by atoms with E-state index in [4.69, 9.17) is 0 Å². The Bertz CT molecular complexity index is 551. The molecule has 1 N–H and O–H groups in total. The molecule has 1 nitrogen and oxygen atoms in total. The molecule has 0 fully saturated rings. The van der Waals surface area contributed by atoms with E-state index in [9.17, 15) is 4.39 Å². The lowest BCUT2D eigenvalue weighted by Crippen LogP contribution is -2.23. The van der Waals surface area contributed by atoms with E-state index in [1.165, 1.54) is 17.2 Å². The maximum atomic E-state index is 13.3. The van der Waals surface area contributed by atoms with Crippen LogP contribution in [0.5, 0.6) is 0 Å². The summed E-state index contributed by atoms with van der Waals surface area (Å²) in [7, 11) is 0. The number of nitrogens with one attached hydrogen (secondary N) is 1. The van der Waals surface area contributed by atoms with Gasteiger partial charge in [0.25, 0.3) is 0 Å². The Hall–Kier alpha value is -1.67. The van der Waals surface area contributed by atoms with Gasteiger partial charge < -0.3 is 5.32 Å². The summed E-state index contributed by atoms with van der Waals surface area (Å²) in [6, 6.07) is 15.6. The van der Waals surface area contributed by atoms with Gasteiger partial charge in [-0.3, -0.25) is 0 Å². The normalized spacial score (nSPS) is 12.3. The zero-order chi connectivity index (χ0) is 14.4. The van der Waals surface area contributed by atoms with Gasteiger partial charge >= 0.3 is 0 Å². The molecule has 106 valence electrons. The molecule has 2 aromatic carbocycles. The van der Waals surface area contributed by atoms with Crippen molar-refractivity contribution in [3.63, 3.8) is 0 Å². The number of halogens is 1. The predicted octanol–water partition coefficient (Wildman–Crippen LogP) is 4.42. The van der Waals surface area contributed by atoms with Gasteiger partial charge in [0.2, 0.25) is 0 Å². The monoisotopic (exact) mass is 271 g/mol. The van der Waals surface area contributed by atoms with Crippen LogP contribution in [0.4, 0.5) is 4.39 Å². The molecule has 0 aromatic heterocycles. The fraction of sp³-hybridized carbons (Fsp3) is 0.333. The van der Waals surface area contributed by atoms with E-state index < -0.39 is 0 Å². The zero-order valence-corrected chi connectivity index (χ0v) is 12.2. The summed E-state index contributed by atoms with van der Waals surface area (Å²) < 4.78 is 13.3. The number of benzene rings is 2. The third-order valence-electron chi connectivity index (χ3n) is 3.55. The van der Waals surface area contributed by atoms with Crippen LogP contribution < -0.4 is 5.32 Å². The Kier molecular flexibility index (Phi) is 5.31. The summed E-state index contributed by atoms with van der Waals surface area (Å²) in [5.41, 5.74) is 3.66. The smallest absolute Gasteiger partial charge is 0.123 e. The Balaban J connectivity index is 1.91. The summed E-state index contributed by atoms with van der Waals surface area (Å²) in [4.78, 5) is 0. The van der Waals surface area contributed by atoms with Crippen molar-refractivity contribution in [3.8, 4) is 0 Å². The predicted molar refractivity (Wildman–Crippen MR) is 82.3 cm³/mol. The molecule has 0 bridgehead atoms. The standard InChI is InChI=1S/C18H22FN/c1-3-18(16-8-5-9-17(19)13-16)20-11-10-15-7-4-6-14(2)12-15/h4-9,12-13,18,20H,3,10-11H2,1-2H3. The molecule has 0 aliphatic carbocycles. The van der Waals surface area contributed by atoms with Crippen LogP contribution in [0.3, 0.4) is 0 Å². The van der Waals surface area contributed by atoms with Gasteiger partial charge in [-0.25, -0.2) is 4.39 Å². The van der Waals surface area contributed by atoms with Crippen LogP contribution in [0.1, 0.15) is 36.1 Å². The van der Waals surface area contributed by atoms with Gasteiger partial charge in [-0.2, -0.15) is 0 Å². The Morgan fingerprint density at radius 1 is 1.10 bits per heavy atom. The first-order valence-electron chi connectivity index (χ1n) is 7.23. The van der Waals surface area contributed by atoms with Gasteiger partial charge in [-0.1, -0.05) is 48.9 Å². The second kappa shape index (κ2) is 7.20. The topological polar surface area (TPSA) is 12.0 Å². The van der Waals surface area contributed by atoms with Gasteiger partial charge in [0, 0.05) is 6.04 Å². The molecule has 0 radical (unpaired) electrons. The second-order valence-electron chi connectivity index (χ2n) is 5.21. The van der Waals surface area contributed by atoms with Crippen LogP contribution in [-0.2, 0) is 6.42 Å². The molecular formula is C18H22FN. The SMILES string of the molecule is CCC(NCCc1cccc(C)c1)c1cccc(F)c1. The van der Waals surface area contributed by atoms with E-state index in [1.807, 2.05) is 6.07 Å². The third-order valence-corrected chi connectivity index (χ3v) is 3.55. The lowest BCUT2D eigenvalue weighted by Gasteiger charge is -2.17. The fourth-order valence-corrected chi connectivity index (χ4v) is 2.48. The largest absolute Gasteiger partial charge is 0.310 e. The van der Waals surface area contributed by atoms with Gasteiger partial charge in [0.15, 0.2) is 0 Å². The highest BCUT2D eigenvalue weighted by molar-refractivity contribution is 5.23. The molecule has 2 heteroatoms.